The first kappa shape index (κ1) is 22.1. The van der Waals surface area contributed by atoms with Crippen LogP contribution in [0.3, 0.4) is 0 Å². The lowest BCUT2D eigenvalue weighted by molar-refractivity contribution is -0.122. The minimum atomic E-state index is -0.219. The molecular formula is C24H27Cl2N3O2. The summed E-state index contributed by atoms with van der Waals surface area (Å²) in [4.78, 5) is 27.1. The van der Waals surface area contributed by atoms with Gasteiger partial charge in [-0.15, -0.1) is 0 Å². The fourth-order valence-electron chi connectivity index (χ4n) is 4.77. The molecule has 0 radical (unpaired) electrons. The zero-order valence-corrected chi connectivity index (χ0v) is 18.8. The predicted octanol–water partition coefficient (Wildman–Crippen LogP) is 4.43. The van der Waals surface area contributed by atoms with Crippen LogP contribution in [0.5, 0.6) is 0 Å². The first-order chi connectivity index (χ1) is 15.0. The lowest BCUT2D eigenvalue weighted by atomic mass is 9.96. The fourth-order valence-corrected chi connectivity index (χ4v) is 5.09. The standard InChI is InChI=1S/C24H27Cl2N3O2/c25-18-6-4-16(5-7-18)15-29-21-8-9-22(29)14-20(13-21)28-23(30)10-11-27-24(31)17-2-1-3-19(26)12-17/h1-7,12,20-22H,8-11,13-15H2,(H,27,31)(H,28,30). The smallest absolute Gasteiger partial charge is 0.251 e. The number of rotatable bonds is 7. The van der Waals surface area contributed by atoms with Crippen molar-refractivity contribution in [2.75, 3.05) is 6.54 Å². The van der Waals surface area contributed by atoms with Gasteiger partial charge in [0.15, 0.2) is 0 Å². The summed E-state index contributed by atoms with van der Waals surface area (Å²) in [5.74, 6) is -0.231. The van der Waals surface area contributed by atoms with Crippen molar-refractivity contribution < 1.29 is 9.59 Å². The molecule has 2 heterocycles. The molecule has 0 aliphatic carbocycles. The number of nitrogens with zero attached hydrogens (tertiary/aromatic N) is 1. The number of carbonyl (C=O) groups excluding carboxylic acids is 2. The third-order valence-electron chi connectivity index (χ3n) is 6.25. The summed E-state index contributed by atoms with van der Waals surface area (Å²) in [5.41, 5.74) is 1.77. The fraction of sp³-hybridized carbons (Fsp3) is 0.417. The van der Waals surface area contributed by atoms with Crippen LogP contribution in [0.2, 0.25) is 10.0 Å². The Hall–Kier alpha value is -2.08. The highest BCUT2D eigenvalue weighted by Gasteiger charge is 2.40. The van der Waals surface area contributed by atoms with Crippen LogP contribution >= 0.6 is 23.2 Å². The Balaban J connectivity index is 1.21. The molecule has 2 aliphatic heterocycles. The number of fused-ring (bicyclic) bond motifs is 2. The molecule has 0 saturated carbocycles. The normalized spacial score (nSPS) is 22.8. The number of benzene rings is 2. The third kappa shape index (κ3) is 5.79. The van der Waals surface area contributed by atoms with E-state index in [0.29, 0.717) is 29.2 Å². The van der Waals surface area contributed by atoms with Gasteiger partial charge in [-0.1, -0.05) is 41.4 Å². The molecule has 5 nitrogen and oxygen atoms in total. The van der Waals surface area contributed by atoms with E-state index in [9.17, 15) is 9.59 Å². The summed E-state index contributed by atoms with van der Waals surface area (Å²) < 4.78 is 0. The molecule has 2 saturated heterocycles. The second kappa shape index (κ2) is 10.0. The van der Waals surface area contributed by atoms with Crippen LogP contribution in [0, 0.1) is 0 Å². The highest BCUT2D eigenvalue weighted by Crippen LogP contribution is 2.37. The summed E-state index contributed by atoms with van der Waals surface area (Å²) in [7, 11) is 0. The van der Waals surface area contributed by atoms with Crippen molar-refractivity contribution in [2.45, 2.75) is 56.8 Å². The van der Waals surface area contributed by atoms with Gasteiger partial charge in [-0.3, -0.25) is 14.5 Å². The molecule has 4 rings (SSSR count). The van der Waals surface area contributed by atoms with Crippen molar-refractivity contribution in [1.82, 2.24) is 15.5 Å². The van der Waals surface area contributed by atoms with Crippen molar-refractivity contribution >= 4 is 35.0 Å². The average Bonchev–Trinajstić information content (AvgIpc) is 2.97. The number of amides is 2. The molecule has 2 bridgehead atoms. The lowest BCUT2D eigenvalue weighted by Gasteiger charge is -2.39. The predicted molar refractivity (Wildman–Crippen MR) is 123 cm³/mol. The van der Waals surface area contributed by atoms with E-state index in [0.717, 1.165) is 24.4 Å². The maximum atomic E-state index is 12.4. The molecule has 2 atom stereocenters. The first-order valence-electron chi connectivity index (χ1n) is 10.8. The molecule has 2 N–H and O–H groups in total. The second-order valence-electron chi connectivity index (χ2n) is 8.44. The Labute approximate surface area is 193 Å². The van der Waals surface area contributed by atoms with Gasteiger partial charge in [0.05, 0.1) is 0 Å². The number of hydrogen-bond donors (Lipinski definition) is 2. The van der Waals surface area contributed by atoms with Crippen LogP contribution in [0.25, 0.3) is 0 Å². The topological polar surface area (TPSA) is 61.4 Å². The minimum absolute atomic E-state index is 0.0121. The zero-order chi connectivity index (χ0) is 21.8. The summed E-state index contributed by atoms with van der Waals surface area (Å²) in [6.07, 6.45) is 4.59. The van der Waals surface area contributed by atoms with E-state index in [2.05, 4.69) is 27.7 Å². The zero-order valence-electron chi connectivity index (χ0n) is 17.3. The molecule has 31 heavy (non-hydrogen) atoms. The van der Waals surface area contributed by atoms with E-state index >= 15 is 0 Å². The van der Waals surface area contributed by atoms with Gasteiger partial charge in [0.2, 0.25) is 5.91 Å². The maximum Gasteiger partial charge on any atom is 0.251 e. The summed E-state index contributed by atoms with van der Waals surface area (Å²) >= 11 is 11.9. The van der Waals surface area contributed by atoms with Gasteiger partial charge in [-0.05, 0) is 61.6 Å². The minimum Gasteiger partial charge on any atom is -0.353 e. The number of hydrogen-bond acceptors (Lipinski definition) is 3. The quantitative estimate of drug-likeness (QED) is 0.643. The monoisotopic (exact) mass is 459 g/mol. The molecule has 2 fully saturated rings. The largest absolute Gasteiger partial charge is 0.353 e. The molecular weight excluding hydrogens is 433 g/mol. The molecule has 2 aromatic rings. The maximum absolute atomic E-state index is 12.4. The van der Waals surface area contributed by atoms with E-state index in [1.807, 2.05) is 12.1 Å². The number of halogens is 2. The Bertz CT molecular complexity index is 921. The van der Waals surface area contributed by atoms with Gasteiger partial charge < -0.3 is 10.6 Å². The number of piperidine rings is 1. The van der Waals surface area contributed by atoms with E-state index in [1.54, 1.807) is 24.3 Å². The Morgan fingerprint density at radius 1 is 0.968 bits per heavy atom. The Morgan fingerprint density at radius 3 is 2.35 bits per heavy atom. The van der Waals surface area contributed by atoms with Gasteiger partial charge >= 0.3 is 0 Å². The van der Waals surface area contributed by atoms with E-state index in [4.69, 9.17) is 23.2 Å². The molecule has 7 heteroatoms. The second-order valence-corrected chi connectivity index (χ2v) is 9.31. The third-order valence-corrected chi connectivity index (χ3v) is 6.74. The van der Waals surface area contributed by atoms with Crippen LogP contribution < -0.4 is 10.6 Å². The highest BCUT2D eigenvalue weighted by atomic mass is 35.5. The molecule has 2 amide bonds. The van der Waals surface area contributed by atoms with Crippen LogP contribution in [0.15, 0.2) is 48.5 Å². The number of nitrogens with one attached hydrogen (secondary N) is 2. The van der Waals surface area contributed by atoms with Crippen LogP contribution in [0.1, 0.15) is 48.0 Å². The van der Waals surface area contributed by atoms with Crippen LogP contribution in [0.4, 0.5) is 0 Å². The molecule has 0 spiro atoms. The van der Waals surface area contributed by atoms with Crippen molar-refractivity contribution in [3.8, 4) is 0 Å². The average molecular weight is 460 g/mol. The van der Waals surface area contributed by atoms with Gasteiger partial charge in [0.25, 0.3) is 5.91 Å². The van der Waals surface area contributed by atoms with Gasteiger partial charge in [-0.25, -0.2) is 0 Å². The highest BCUT2D eigenvalue weighted by molar-refractivity contribution is 6.31. The summed E-state index contributed by atoms with van der Waals surface area (Å²) in [5, 5.41) is 7.24. The van der Waals surface area contributed by atoms with E-state index in [-0.39, 0.29) is 24.3 Å². The van der Waals surface area contributed by atoms with Crippen molar-refractivity contribution in [3.63, 3.8) is 0 Å². The molecule has 164 valence electrons. The molecule has 2 unspecified atom stereocenters. The van der Waals surface area contributed by atoms with Gasteiger partial charge in [0.1, 0.15) is 0 Å². The Kier molecular flexibility index (Phi) is 7.16. The number of carbonyl (C=O) groups is 2. The van der Waals surface area contributed by atoms with Crippen molar-refractivity contribution in [1.29, 1.82) is 0 Å². The summed E-state index contributed by atoms with van der Waals surface area (Å²) in [6.45, 7) is 1.24. The first-order valence-corrected chi connectivity index (χ1v) is 11.6. The van der Waals surface area contributed by atoms with Gasteiger partial charge in [0, 0.05) is 53.2 Å². The Morgan fingerprint density at radius 2 is 1.68 bits per heavy atom. The SMILES string of the molecule is O=C(CCNC(=O)c1cccc(Cl)c1)NC1CC2CCC(C1)N2Cc1ccc(Cl)cc1. The molecule has 2 aliphatic rings. The van der Waals surface area contributed by atoms with E-state index in [1.165, 1.54) is 18.4 Å². The van der Waals surface area contributed by atoms with Gasteiger partial charge in [-0.2, -0.15) is 0 Å². The lowest BCUT2D eigenvalue weighted by Crippen LogP contribution is -2.50. The molecule has 2 aromatic carbocycles. The van der Waals surface area contributed by atoms with Crippen molar-refractivity contribution in [2.24, 2.45) is 0 Å². The summed E-state index contributed by atoms with van der Waals surface area (Å²) in [6, 6.07) is 16.0. The van der Waals surface area contributed by atoms with Crippen molar-refractivity contribution in [3.05, 3.63) is 69.7 Å². The van der Waals surface area contributed by atoms with Crippen LogP contribution in [-0.2, 0) is 11.3 Å². The molecule has 0 aromatic heterocycles. The van der Waals surface area contributed by atoms with Crippen LogP contribution in [-0.4, -0.2) is 41.4 Å². The van der Waals surface area contributed by atoms with E-state index < -0.39 is 0 Å².